The Kier molecular flexibility index (Phi) is 13.2. The molecule has 0 aliphatic rings. The van der Waals surface area contributed by atoms with Gasteiger partial charge in [0.2, 0.25) is 0 Å². The standard InChI is InChI=1S/C18H33NO5/c1-2-3-4-5-6-7-12-19(15-16-20,13-8-10-17(21)22)14-9-11-18(23)24/h2-3,20H,4-16H2,1H3,(H-,21,22,23,24)/p+1/b3-2+. The van der Waals surface area contributed by atoms with E-state index in [0.29, 0.717) is 37.0 Å². The first-order valence-corrected chi connectivity index (χ1v) is 8.96. The highest BCUT2D eigenvalue weighted by Crippen LogP contribution is 2.15. The third-order valence-corrected chi connectivity index (χ3v) is 4.36. The number of aliphatic hydroxyl groups excluding tert-OH is 1. The number of hydrogen-bond acceptors (Lipinski definition) is 3. The molecule has 0 saturated carbocycles. The Bertz CT molecular complexity index is 362. The fourth-order valence-corrected chi connectivity index (χ4v) is 3.07. The van der Waals surface area contributed by atoms with Crippen molar-refractivity contribution >= 4 is 11.9 Å². The molecule has 0 atom stereocenters. The van der Waals surface area contributed by atoms with Gasteiger partial charge >= 0.3 is 11.9 Å². The summed E-state index contributed by atoms with van der Waals surface area (Å²) in [5, 5.41) is 27.1. The summed E-state index contributed by atoms with van der Waals surface area (Å²) in [6, 6.07) is 0. The molecule has 0 radical (unpaired) electrons. The van der Waals surface area contributed by atoms with Crippen LogP contribution in [0.15, 0.2) is 12.2 Å². The number of hydrogen-bond donors (Lipinski definition) is 3. The number of aliphatic hydroxyl groups is 1. The van der Waals surface area contributed by atoms with Crippen LogP contribution in [-0.2, 0) is 9.59 Å². The van der Waals surface area contributed by atoms with Crippen LogP contribution >= 0.6 is 0 Å². The molecule has 0 aliphatic carbocycles. The van der Waals surface area contributed by atoms with Gasteiger partial charge in [0, 0.05) is 12.8 Å². The van der Waals surface area contributed by atoms with Crippen LogP contribution in [-0.4, -0.2) is 64.5 Å². The van der Waals surface area contributed by atoms with E-state index in [1.807, 2.05) is 13.0 Å². The zero-order valence-corrected chi connectivity index (χ0v) is 15.0. The molecule has 0 aliphatic heterocycles. The number of carboxylic acid groups (broad SMARTS) is 2. The Morgan fingerprint density at radius 2 is 1.38 bits per heavy atom. The Balaban J connectivity index is 4.57. The van der Waals surface area contributed by atoms with Crippen molar-refractivity contribution in [2.24, 2.45) is 0 Å². The van der Waals surface area contributed by atoms with Crippen LogP contribution in [0.1, 0.15) is 58.3 Å². The average molecular weight is 344 g/mol. The highest BCUT2D eigenvalue weighted by Gasteiger charge is 2.26. The van der Waals surface area contributed by atoms with Crippen molar-refractivity contribution in [3.05, 3.63) is 12.2 Å². The summed E-state index contributed by atoms with van der Waals surface area (Å²) in [6.45, 7) is 4.85. The maximum absolute atomic E-state index is 10.8. The van der Waals surface area contributed by atoms with Gasteiger partial charge in [0.15, 0.2) is 0 Å². The van der Waals surface area contributed by atoms with E-state index in [0.717, 1.165) is 32.2 Å². The van der Waals surface area contributed by atoms with E-state index in [1.54, 1.807) is 0 Å². The Morgan fingerprint density at radius 3 is 1.83 bits per heavy atom. The molecule has 0 aromatic rings. The Morgan fingerprint density at radius 1 is 0.833 bits per heavy atom. The van der Waals surface area contributed by atoms with Gasteiger partial charge in [-0.1, -0.05) is 12.2 Å². The lowest BCUT2D eigenvalue weighted by Gasteiger charge is -2.38. The molecule has 0 amide bonds. The van der Waals surface area contributed by atoms with Crippen LogP contribution in [0.5, 0.6) is 0 Å². The summed E-state index contributed by atoms with van der Waals surface area (Å²) in [4.78, 5) is 21.5. The van der Waals surface area contributed by atoms with E-state index >= 15 is 0 Å². The predicted octanol–water partition coefficient (Wildman–Crippen LogP) is 2.66. The van der Waals surface area contributed by atoms with Crippen molar-refractivity contribution in [2.45, 2.75) is 58.3 Å². The highest BCUT2D eigenvalue weighted by molar-refractivity contribution is 5.66. The predicted molar refractivity (Wildman–Crippen MR) is 93.8 cm³/mol. The number of quaternary nitrogens is 1. The molecule has 0 aromatic heterocycles. The SMILES string of the molecule is C/C=C/CCCCC[N+](CCO)(CCCC(=O)O)CCCC(=O)O. The van der Waals surface area contributed by atoms with Crippen molar-refractivity contribution in [1.82, 2.24) is 0 Å². The Labute approximate surface area is 145 Å². The summed E-state index contributed by atoms with van der Waals surface area (Å²) in [6.07, 6.45) is 9.83. The number of rotatable bonds is 16. The molecule has 3 N–H and O–H groups in total. The monoisotopic (exact) mass is 344 g/mol. The number of allylic oxidation sites excluding steroid dienone is 2. The van der Waals surface area contributed by atoms with Crippen LogP contribution in [0.4, 0.5) is 0 Å². The van der Waals surface area contributed by atoms with Gasteiger partial charge in [-0.2, -0.15) is 0 Å². The van der Waals surface area contributed by atoms with Crippen molar-refractivity contribution in [3.63, 3.8) is 0 Å². The molecule has 0 spiro atoms. The minimum atomic E-state index is -0.811. The quantitative estimate of drug-likeness (QED) is 0.227. The molecule has 6 heteroatoms. The molecule has 0 aromatic carbocycles. The number of carboxylic acids is 2. The van der Waals surface area contributed by atoms with Crippen molar-refractivity contribution in [2.75, 3.05) is 32.8 Å². The molecule has 0 fully saturated rings. The zero-order valence-electron chi connectivity index (χ0n) is 15.0. The van der Waals surface area contributed by atoms with E-state index in [1.165, 1.54) is 0 Å². The van der Waals surface area contributed by atoms with Crippen LogP contribution in [0, 0.1) is 0 Å². The summed E-state index contributed by atoms with van der Waals surface area (Å²) in [5.74, 6) is -1.62. The molecular weight excluding hydrogens is 310 g/mol. The van der Waals surface area contributed by atoms with Gasteiger partial charge in [0.1, 0.15) is 6.54 Å². The Hall–Kier alpha value is -1.40. The van der Waals surface area contributed by atoms with Gasteiger partial charge in [-0.15, -0.1) is 0 Å². The van der Waals surface area contributed by atoms with Gasteiger partial charge in [-0.05, 0) is 32.6 Å². The lowest BCUT2D eigenvalue weighted by atomic mass is 10.1. The van der Waals surface area contributed by atoms with Gasteiger partial charge in [0.25, 0.3) is 0 Å². The van der Waals surface area contributed by atoms with Crippen molar-refractivity contribution < 1.29 is 29.4 Å². The van der Waals surface area contributed by atoms with Crippen LogP contribution in [0.2, 0.25) is 0 Å². The highest BCUT2D eigenvalue weighted by atomic mass is 16.4. The van der Waals surface area contributed by atoms with E-state index in [9.17, 15) is 14.7 Å². The average Bonchev–Trinajstić information content (AvgIpc) is 2.50. The molecule has 140 valence electrons. The van der Waals surface area contributed by atoms with Crippen LogP contribution in [0.3, 0.4) is 0 Å². The molecule has 0 unspecified atom stereocenters. The number of aliphatic carboxylic acids is 2. The summed E-state index contributed by atoms with van der Waals surface area (Å²) in [7, 11) is 0. The minimum absolute atomic E-state index is 0.0404. The van der Waals surface area contributed by atoms with E-state index < -0.39 is 11.9 Å². The lowest BCUT2D eigenvalue weighted by molar-refractivity contribution is -0.929. The maximum Gasteiger partial charge on any atom is 0.303 e. The minimum Gasteiger partial charge on any atom is -0.481 e. The zero-order chi connectivity index (χ0) is 18.3. The first kappa shape index (κ1) is 22.6. The first-order valence-electron chi connectivity index (χ1n) is 8.96. The molecule has 0 rings (SSSR count). The smallest absolute Gasteiger partial charge is 0.303 e. The molecule has 6 nitrogen and oxygen atoms in total. The van der Waals surface area contributed by atoms with Crippen molar-refractivity contribution in [3.8, 4) is 0 Å². The third-order valence-electron chi connectivity index (χ3n) is 4.36. The summed E-state index contributed by atoms with van der Waals surface area (Å²) < 4.78 is 0.626. The molecule has 0 bridgehead atoms. The largest absolute Gasteiger partial charge is 0.481 e. The van der Waals surface area contributed by atoms with Crippen LogP contribution < -0.4 is 0 Å². The normalized spacial score (nSPS) is 11.9. The van der Waals surface area contributed by atoms with Gasteiger partial charge < -0.3 is 19.8 Å². The third kappa shape index (κ3) is 12.1. The number of carbonyl (C=O) groups is 2. The van der Waals surface area contributed by atoms with Gasteiger partial charge in [-0.25, -0.2) is 0 Å². The molecule has 24 heavy (non-hydrogen) atoms. The van der Waals surface area contributed by atoms with Crippen LogP contribution in [0.25, 0.3) is 0 Å². The number of unbranched alkanes of at least 4 members (excludes halogenated alkanes) is 3. The summed E-state index contributed by atoms with van der Waals surface area (Å²) in [5.41, 5.74) is 0. The molecule has 0 saturated heterocycles. The van der Waals surface area contributed by atoms with E-state index in [-0.39, 0.29) is 19.4 Å². The summed E-state index contributed by atoms with van der Waals surface area (Å²) >= 11 is 0. The second-order valence-corrected chi connectivity index (χ2v) is 6.37. The van der Waals surface area contributed by atoms with Crippen molar-refractivity contribution in [1.29, 1.82) is 0 Å². The fraction of sp³-hybridized carbons (Fsp3) is 0.778. The lowest BCUT2D eigenvalue weighted by Crippen LogP contribution is -2.52. The topological polar surface area (TPSA) is 94.8 Å². The van der Waals surface area contributed by atoms with Gasteiger partial charge in [0.05, 0.1) is 39.1 Å². The van der Waals surface area contributed by atoms with E-state index in [2.05, 4.69) is 6.08 Å². The van der Waals surface area contributed by atoms with Gasteiger partial charge in [-0.3, -0.25) is 9.59 Å². The first-order chi connectivity index (χ1) is 11.5. The second-order valence-electron chi connectivity index (χ2n) is 6.37. The second kappa shape index (κ2) is 14.0. The molecular formula is C18H34NO5+. The molecule has 0 heterocycles. The number of nitrogens with zero attached hydrogens (tertiary/aromatic N) is 1. The van der Waals surface area contributed by atoms with E-state index in [4.69, 9.17) is 10.2 Å². The fourth-order valence-electron chi connectivity index (χ4n) is 3.07. The maximum atomic E-state index is 10.8.